The summed E-state index contributed by atoms with van der Waals surface area (Å²) in [7, 11) is 0. The highest BCUT2D eigenvalue weighted by atomic mass is 32.2. The number of fused-ring (bicyclic) bond motifs is 1. The third-order valence-corrected chi connectivity index (χ3v) is 4.30. The first-order valence-electron chi connectivity index (χ1n) is 6.49. The molecule has 1 aliphatic heterocycles. The van der Waals surface area contributed by atoms with E-state index in [1.807, 2.05) is 11.0 Å². The number of para-hydroxylation sites is 1. The number of amides is 1. The highest BCUT2D eigenvalue weighted by Crippen LogP contribution is 2.29. The third kappa shape index (κ3) is 3.29. The SMILES string of the molecule is CC(C)(C)SCC(=O)N1CCCc2ccccc21. The van der Waals surface area contributed by atoms with Crippen LogP contribution in [0.2, 0.25) is 0 Å². The van der Waals surface area contributed by atoms with Gasteiger partial charge in [0, 0.05) is 17.0 Å². The molecule has 0 aliphatic carbocycles. The summed E-state index contributed by atoms with van der Waals surface area (Å²) >= 11 is 1.72. The van der Waals surface area contributed by atoms with Crippen LogP contribution in [0.15, 0.2) is 24.3 Å². The number of rotatable bonds is 2. The van der Waals surface area contributed by atoms with E-state index in [0.29, 0.717) is 5.75 Å². The van der Waals surface area contributed by atoms with E-state index in [1.165, 1.54) is 5.56 Å². The summed E-state index contributed by atoms with van der Waals surface area (Å²) in [4.78, 5) is 14.3. The monoisotopic (exact) mass is 263 g/mol. The van der Waals surface area contributed by atoms with Crippen molar-refractivity contribution in [2.45, 2.75) is 38.4 Å². The average molecular weight is 263 g/mol. The Balaban J connectivity index is 2.08. The number of hydrogen-bond acceptors (Lipinski definition) is 2. The maximum atomic E-state index is 12.3. The lowest BCUT2D eigenvalue weighted by molar-refractivity contribution is -0.116. The molecule has 1 amide bonds. The molecule has 0 spiro atoms. The van der Waals surface area contributed by atoms with E-state index in [4.69, 9.17) is 0 Å². The predicted molar refractivity (Wildman–Crippen MR) is 79.3 cm³/mol. The van der Waals surface area contributed by atoms with Gasteiger partial charge in [0.05, 0.1) is 5.75 Å². The van der Waals surface area contributed by atoms with Gasteiger partial charge in [0.15, 0.2) is 0 Å². The molecule has 98 valence electrons. The van der Waals surface area contributed by atoms with Gasteiger partial charge in [-0.05, 0) is 24.5 Å². The van der Waals surface area contributed by atoms with Crippen molar-refractivity contribution in [3.05, 3.63) is 29.8 Å². The van der Waals surface area contributed by atoms with Crippen LogP contribution in [-0.2, 0) is 11.2 Å². The maximum absolute atomic E-state index is 12.3. The van der Waals surface area contributed by atoms with Crippen LogP contribution in [0.1, 0.15) is 32.8 Å². The van der Waals surface area contributed by atoms with Crippen molar-refractivity contribution in [3.8, 4) is 0 Å². The zero-order chi connectivity index (χ0) is 13.2. The van der Waals surface area contributed by atoms with Crippen molar-refractivity contribution in [2.24, 2.45) is 0 Å². The van der Waals surface area contributed by atoms with Gasteiger partial charge < -0.3 is 4.90 Å². The van der Waals surface area contributed by atoms with Crippen molar-refractivity contribution in [2.75, 3.05) is 17.2 Å². The van der Waals surface area contributed by atoms with Gasteiger partial charge in [-0.2, -0.15) is 0 Å². The highest BCUT2D eigenvalue weighted by molar-refractivity contribution is 8.01. The van der Waals surface area contributed by atoms with Crippen molar-refractivity contribution >= 4 is 23.4 Å². The Morgan fingerprint density at radius 2 is 2.06 bits per heavy atom. The van der Waals surface area contributed by atoms with Crippen LogP contribution in [0.5, 0.6) is 0 Å². The van der Waals surface area contributed by atoms with Crippen molar-refractivity contribution in [3.63, 3.8) is 0 Å². The molecule has 18 heavy (non-hydrogen) atoms. The molecule has 0 N–H and O–H groups in total. The summed E-state index contributed by atoms with van der Waals surface area (Å²) in [5.74, 6) is 0.805. The fraction of sp³-hybridized carbons (Fsp3) is 0.533. The van der Waals surface area contributed by atoms with Crippen LogP contribution in [0, 0.1) is 0 Å². The number of thioether (sulfide) groups is 1. The predicted octanol–water partition coefficient (Wildman–Crippen LogP) is 3.50. The van der Waals surface area contributed by atoms with E-state index in [2.05, 4.69) is 39.0 Å². The number of carbonyl (C=O) groups excluding carboxylic acids is 1. The highest BCUT2D eigenvalue weighted by Gasteiger charge is 2.23. The minimum absolute atomic E-state index is 0.144. The largest absolute Gasteiger partial charge is 0.311 e. The molecule has 1 heterocycles. The Kier molecular flexibility index (Phi) is 4.00. The molecular formula is C15H21NOS. The van der Waals surface area contributed by atoms with Gasteiger partial charge in [-0.1, -0.05) is 39.0 Å². The topological polar surface area (TPSA) is 20.3 Å². The Morgan fingerprint density at radius 1 is 1.33 bits per heavy atom. The lowest BCUT2D eigenvalue weighted by Crippen LogP contribution is -2.37. The van der Waals surface area contributed by atoms with Crippen molar-refractivity contribution in [1.29, 1.82) is 0 Å². The first-order valence-corrected chi connectivity index (χ1v) is 7.48. The van der Waals surface area contributed by atoms with Gasteiger partial charge in [-0.15, -0.1) is 11.8 Å². The van der Waals surface area contributed by atoms with Gasteiger partial charge in [-0.3, -0.25) is 4.79 Å². The first-order chi connectivity index (χ1) is 8.47. The van der Waals surface area contributed by atoms with E-state index in [1.54, 1.807) is 11.8 Å². The first kappa shape index (κ1) is 13.5. The standard InChI is InChI=1S/C15H21NOS/c1-15(2,3)18-11-14(17)16-10-6-8-12-7-4-5-9-13(12)16/h4-5,7,9H,6,8,10-11H2,1-3H3. The zero-order valence-electron chi connectivity index (χ0n) is 11.4. The molecule has 0 aromatic heterocycles. The summed E-state index contributed by atoms with van der Waals surface area (Å²) in [6.07, 6.45) is 2.16. The van der Waals surface area contributed by atoms with Gasteiger partial charge in [0.25, 0.3) is 0 Å². The molecule has 0 unspecified atom stereocenters. The number of benzene rings is 1. The second kappa shape index (κ2) is 5.35. The van der Waals surface area contributed by atoms with Crippen LogP contribution in [0.3, 0.4) is 0 Å². The fourth-order valence-electron chi connectivity index (χ4n) is 2.15. The van der Waals surface area contributed by atoms with E-state index in [0.717, 1.165) is 25.1 Å². The van der Waals surface area contributed by atoms with Gasteiger partial charge in [-0.25, -0.2) is 0 Å². The van der Waals surface area contributed by atoms with Crippen LogP contribution in [0.25, 0.3) is 0 Å². The van der Waals surface area contributed by atoms with Crippen LogP contribution in [-0.4, -0.2) is 23.0 Å². The Morgan fingerprint density at radius 3 is 2.78 bits per heavy atom. The molecule has 0 bridgehead atoms. The van der Waals surface area contributed by atoms with E-state index < -0.39 is 0 Å². The lowest BCUT2D eigenvalue weighted by atomic mass is 10.0. The summed E-state index contributed by atoms with van der Waals surface area (Å²) < 4.78 is 0.144. The van der Waals surface area contributed by atoms with Gasteiger partial charge in [0.2, 0.25) is 5.91 Å². The molecule has 1 aromatic carbocycles. The number of aryl methyl sites for hydroxylation is 1. The van der Waals surface area contributed by atoms with Crippen LogP contribution in [0.4, 0.5) is 5.69 Å². The molecule has 0 saturated heterocycles. The Bertz CT molecular complexity index is 436. The molecule has 0 atom stereocenters. The van der Waals surface area contributed by atoms with Crippen molar-refractivity contribution < 1.29 is 4.79 Å². The van der Waals surface area contributed by atoms with E-state index in [9.17, 15) is 4.79 Å². The molecule has 2 rings (SSSR count). The molecule has 0 saturated carbocycles. The van der Waals surface area contributed by atoms with Crippen LogP contribution >= 0.6 is 11.8 Å². The smallest absolute Gasteiger partial charge is 0.237 e. The molecule has 0 radical (unpaired) electrons. The summed E-state index contributed by atoms with van der Waals surface area (Å²) in [6.45, 7) is 7.31. The Hall–Kier alpha value is -0.960. The van der Waals surface area contributed by atoms with Crippen LogP contribution < -0.4 is 4.90 Å². The maximum Gasteiger partial charge on any atom is 0.237 e. The summed E-state index contributed by atoms with van der Waals surface area (Å²) in [5, 5.41) is 0. The molecule has 3 heteroatoms. The Labute approximate surface area is 114 Å². The second-order valence-corrected chi connectivity index (χ2v) is 7.48. The van der Waals surface area contributed by atoms with Gasteiger partial charge in [0.1, 0.15) is 0 Å². The summed E-state index contributed by atoms with van der Waals surface area (Å²) in [5.41, 5.74) is 2.42. The normalized spacial score (nSPS) is 15.4. The molecule has 0 fully saturated rings. The second-order valence-electron chi connectivity index (χ2n) is 5.68. The molecule has 1 aromatic rings. The minimum atomic E-state index is 0.144. The number of carbonyl (C=O) groups is 1. The molecule has 2 nitrogen and oxygen atoms in total. The molecule has 1 aliphatic rings. The zero-order valence-corrected chi connectivity index (χ0v) is 12.2. The third-order valence-electron chi connectivity index (χ3n) is 3.04. The average Bonchev–Trinajstić information content (AvgIpc) is 2.34. The van der Waals surface area contributed by atoms with E-state index in [-0.39, 0.29) is 10.7 Å². The fourth-order valence-corrected chi connectivity index (χ4v) is 2.86. The number of nitrogens with zero attached hydrogens (tertiary/aromatic N) is 1. The minimum Gasteiger partial charge on any atom is -0.311 e. The quantitative estimate of drug-likeness (QED) is 0.814. The van der Waals surface area contributed by atoms with E-state index >= 15 is 0 Å². The lowest BCUT2D eigenvalue weighted by Gasteiger charge is -2.30. The molecular weight excluding hydrogens is 242 g/mol. The van der Waals surface area contributed by atoms with Gasteiger partial charge >= 0.3 is 0 Å². The number of anilines is 1. The summed E-state index contributed by atoms with van der Waals surface area (Å²) in [6, 6.07) is 8.26. The van der Waals surface area contributed by atoms with Crippen molar-refractivity contribution in [1.82, 2.24) is 0 Å². The number of hydrogen-bond donors (Lipinski definition) is 0.